The summed E-state index contributed by atoms with van der Waals surface area (Å²) < 4.78 is 5.34. The Kier molecular flexibility index (Phi) is 6.24. The van der Waals surface area contributed by atoms with Crippen LogP contribution in [-0.2, 0) is 16.0 Å². The van der Waals surface area contributed by atoms with E-state index in [-0.39, 0.29) is 12.6 Å². The molecular formula is C17H24ClNO3. The number of aliphatic hydroxyl groups is 1. The van der Waals surface area contributed by atoms with Gasteiger partial charge in [0.2, 0.25) is 0 Å². The van der Waals surface area contributed by atoms with Crippen LogP contribution in [0.15, 0.2) is 24.3 Å². The first-order chi connectivity index (χ1) is 10.6. The maximum Gasteiger partial charge on any atom is 0.312 e. The highest BCUT2D eigenvalue weighted by atomic mass is 35.5. The number of likely N-dealkylation sites (tertiary alicyclic amines) is 1. The van der Waals surface area contributed by atoms with Gasteiger partial charge in [-0.1, -0.05) is 29.8 Å². The van der Waals surface area contributed by atoms with E-state index in [2.05, 4.69) is 4.90 Å². The van der Waals surface area contributed by atoms with E-state index in [4.69, 9.17) is 21.4 Å². The van der Waals surface area contributed by atoms with Crippen molar-refractivity contribution in [1.29, 1.82) is 0 Å². The largest absolute Gasteiger partial charge is 0.466 e. The van der Waals surface area contributed by atoms with Crippen LogP contribution in [0.2, 0.25) is 5.02 Å². The lowest BCUT2D eigenvalue weighted by Gasteiger charge is -2.40. The first kappa shape index (κ1) is 17.3. The van der Waals surface area contributed by atoms with Crippen molar-refractivity contribution in [2.45, 2.75) is 26.2 Å². The summed E-state index contributed by atoms with van der Waals surface area (Å²) in [6, 6.07) is 7.67. The number of carbonyl (C=O) groups excluding carboxylic acids is 1. The second-order valence-corrected chi connectivity index (χ2v) is 6.24. The van der Waals surface area contributed by atoms with Crippen molar-refractivity contribution in [1.82, 2.24) is 4.90 Å². The van der Waals surface area contributed by atoms with E-state index in [1.165, 1.54) is 0 Å². The quantitative estimate of drug-likeness (QED) is 0.817. The lowest BCUT2D eigenvalue weighted by molar-refractivity contribution is -0.158. The minimum atomic E-state index is -0.507. The van der Waals surface area contributed by atoms with E-state index in [0.29, 0.717) is 24.6 Å². The third kappa shape index (κ3) is 4.00. The van der Waals surface area contributed by atoms with Crippen molar-refractivity contribution in [3.05, 3.63) is 34.9 Å². The second-order valence-electron chi connectivity index (χ2n) is 5.83. The molecule has 1 N–H and O–H groups in total. The SMILES string of the molecule is CCOC(=O)C1(Cc2ccccc2Cl)CCN(CCO)CC1. The molecule has 4 nitrogen and oxygen atoms in total. The number of rotatable bonds is 6. The number of hydrogen-bond acceptors (Lipinski definition) is 4. The Labute approximate surface area is 137 Å². The molecule has 1 fully saturated rings. The number of β-amino-alcohol motifs (C(OH)–C–C–N with tert-alkyl or cyclic N) is 1. The molecule has 0 bridgehead atoms. The minimum Gasteiger partial charge on any atom is -0.466 e. The Balaban J connectivity index is 2.17. The topological polar surface area (TPSA) is 49.8 Å². The van der Waals surface area contributed by atoms with Crippen molar-refractivity contribution >= 4 is 17.6 Å². The van der Waals surface area contributed by atoms with Crippen molar-refractivity contribution in [3.63, 3.8) is 0 Å². The molecular weight excluding hydrogens is 302 g/mol. The molecule has 1 aromatic rings. The summed E-state index contributed by atoms with van der Waals surface area (Å²) in [6.45, 7) is 4.63. The fraction of sp³-hybridized carbons (Fsp3) is 0.588. The molecule has 0 amide bonds. The Morgan fingerprint density at radius 1 is 1.36 bits per heavy atom. The standard InChI is InChI=1S/C17H24ClNO3/c1-2-22-16(21)17(7-9-19(10-8-17)11-12-20)13-14-5-3-4-6-15(14)18/h3-6,20H,2,7-13H2,1H3. The van der Waals surface area contributed by atoms with Crippen molar-refractivity contribution < 1.29 is 14.6 Å². The van der Waals surface area contributed by atoms with Gasteiger partial charge < -0.3 is 14.7 Å². The van der Waals surface area contributed by atoms with Gasteiger partial charge in [-0.25, -0.2) is 0 Å². The van der Waals surface area contributed by atoms with Gasteiger partial charge in [0.1, 0.15) is 0 Å². The lowest BCUT2D eigenvalue weighted by Crippen LogP contribution is -2.47. The number of esters is 1. The first-order valence-corrected chi connectivity index (χ1v) is 8.23. The van der Waals surface area contributed by atoms with Crippen molar-refractivity contribution in [3.8, 4) is 0 Å². The van der Waals surface area contributed by atoms with Gasteiger partial charge >= 0.3 is 5.97 Å². The summed E-state index contributed by atoms with van der Waals surface area (Å²) in [5, 5.41) is 9.76. The number of halogens is 1. The molecule has 122 valence electrons. The van der Waals surface area contributed by atoms with Crippen LogP contribution in [0.25, 0.3) is 0 Å². The highest BCUT2D eigenvalue weighted by Crippen LogP contribution is 2.38. The number of carbonyl (C=O) groups is 1. The zero-order valence-corrected chi connectivity index (χ0v) is 13.8. The Morgan fingerprint density at radius 3 is 2.64 bits per heavy atom. The highest BCUT2D eigenvalue weighted by molar-refractivity contribution is 6.31. The Bertz CT molecular complexity index is 498. The van der Waals surface area contributed by atoms with E-state index < -0.39 is 5.41 Å². The van der Waals surface area contributed by atoms with Gasteiger partial charge in [0, 0.05) is 11.6 Å². The van der Waals surface area contributed by atoms with Crippen LogP contribution in [0.3, 0.4) is 0 Å². The molecule has 0 aliphatic carbocycles. The fourth-order valence-electron chi connectivity index (χ4n) is 3.09. The monoisotopic (exact) mass is 325 g/mol. The van der Waals surface area contributed by atoms with Gasteiger partial charge in [0.25, 0.3) is 0 Å². The van der Waals surface area contributed by atoms with Gasteiger partial charge in [-0.05, 0) is 50.9 Å². The van der Waals surface area contributed by atoms with Crippen molar-refractivity contribution in [2.24, 2.45) is 5.41 Å². The number of ether oxygens (including phenoxy) is 1. The van der Waals surface area contributed by atoms with Gasteiger partial charge in [-0.2, -0.15) is 0 Å². The molecule has 0 atom stereocenters. The number of piperidine rings is 1. The molecule has 0 spiro atoms. The molecule has 1 saturated heterocycles. The number of benzene rings is 1. The van der Waals surface area contributed by atoms with Crippen LogP contribution in [0.5, 0.6) is 0 Å². The lowest BCUT2D eigenvalue weighted by atomic mass is 9.73. The summed E-state index contributed by atoms with van der Waals surface area (Å²) in [5.41, 5.74) is 0.486. The van der Waals surface area contributed by atoms with E-state index in [0.717, 1.165) is 31.5 Å². The minimum absolute atomic E-state index is 0.126. The van der Waals surface area contributed by atoms with Gasteiger partial charge in [-0.3, -0.25) is 4.79 Å². The predicted molar refractivity (Wildman–Crippen MR) is 87.0 cm³/mol. The van der Waals surface area contributed by atoms with Crippen molar-refractivity contribution in [2.75, 3.05) is 32.8 Å². The zero-order chi connectivity index (χ0) is 16.0. The first-order valence-electron chi connectivity index (χ1n) is 7.85. The van der Waals surface area contributed by atoms with Crippen LogP contribution in [0, 0.1) is 5.41 Å². The third-order valence-electron chi connectivity index (χ3n) is 4.42. The number of aliphatic hydroxyl groups excluding tert-OH is 1. The molecule has 22 heavy (non-hydrogen) atoms. The van der Waals surface area contributed by atoms with E-state index in [9.17, 15) is 4.79 Å². The summed E-state index contributed by atoms with van der Waals surface area (Å²) in [4.78, 5) is 14.8. The molecule has 0 aromatic heterocycles. The van der Waals surface area contributed by atoms with Crippen LogP contribution in [0.4, 0.5) is 0 Å². The molecule has 0 radical (unpaired) electrons. The normalized spacial score (nSPS) is 18.1. The van der Waals surface area contributed by atoms with Crippen LogP contribution < -0.4 is 0 Å². The predicted octanol–water partition coefficient (Wildman–Crippen LogP) is 2.52. The average molecular weight is 326 g/mol. The van der Waals surface area contributed by atoms with Gasteiger partial charge in [0.05, 0.1) is 18.6 Å². The molecule has 5 heteroatoms. The Hall–Kier alpha value is -1.10. The average Bonchev–Trinajstić information content (AvgIpc) is 2.52. The molecule has 0 unspecified atom stereocenters. The van der Waals surface area contributed by atoms with Gasteiger partial charge in [0.15, 0.2) is 0 Å². The van der Waals surface area contributed by atoms with Crippen LogP contribution in [0.1, 0.15) is 25.3 Å². The number of nitrogens with zero attached hydrogens (tertiary/aromatic N) is 1. The molecule has 1 aliphatic rings. The van der Waals surface area contributed by atoms with Gasteiger partial charge in [-0.15, -0.1) is 0 Å². The second kappa shape index (κ2) is 7.95. The summed E-state index contributed by atoms with van der Waals surface area (Å²) in [5.74, 6) is -0.126. The van der Waals surface area contributed by atoms with Crippen LogP contribution >= 0.6 is 11.6 Å². The fourth-order valence-corrected chi connectivity index (χ4v) is 3.29. The maximum atomic E-state index is 12.6. The highest BCUT2D eigenvalue weighted by Gasteiger charge is 2.42. The molecule has 1 heterocycles. The summed E-state index contributed by atoms with van der Waals surface area (Å²) >= 11 is 6.27. The van der Waals surface area contributed by atoms with E-state index in [1.807, 2.05) is 31.2 Å². The molecule has 0 saturated carbocycles. The van der Waals surface area contributed by atoms with E-state index in [1.54, 1.807) is 0 Å². The molecule has 1 aliphatic heterocycles. The molecule has 2 rings (SSSR count). The maximum absolute atomic E-state index is 12.6. The van der Waals surface area contributed by atoms with Crippen LogP contribution in [-0.4, -0.2) is 48.8 Å². The molecule has 1 aromatic carbocycles. The summed E-state index contributed by atoms with van der Waals surface area (Å²) in [6.07, 6.45) is 2.08. The Morgan fingerprint density at radius 2 is 2.05 bits per heavy atom. The zero-order valence-electron chi connectivity index (χ0n) is 13.1. The summed E-state index contributed by atoms with van der Waals surface area (Å²) in [7, 11) is 0. The van der Waals surface area contributed by atoms with E-state index >= 15 is 0 Å². The smallest absolute Gasteiger partial charge is 0.312 e. The third-order valence-corrected chi connectivity index (χ3v) is 4.79. The number of hydrogen-bond donors (Lipinski definition) is 1.